The second-order valence-corrected chi connectivity index (χ2v) is 5.11. The molecule has 0 fully saturated rings. The van der Waals surface area contributed by atoms with Crippen LogP contribution in [-0.2, 0) is 10.2 Å². The molecule has 0 radical (unpaired) electrons. The highest BCUT2D eigenvalue weighted by molar-refractivity contribution is 5.94. The minimum Gasteiger partial charge on any atom is -0.394 e. The van der Waals surface area contributed by atoms with Gasteiger partial charge in [0.1, 0.15) is 6.04 Å². The SMILES string of the molecule is CC(C)(C)c1ccc(NC(=O)[C@@H](N)CO)cc1. The molecule has 94 valence electrons. The van der Waals surface area contributed by atoms with Crippen LogP contribution in [0.15, 0.2) is 24.3 Å². The number of carbonyl (C=O) groups is 1. The third-order valence-corrected chi connectivity index (χ3v) is 2.55. The van der Waals surface area contributed by atoms with Crippen LogP contribution < -0.4 is 11.1 Å². The van der Waals surface area contributed by atoms with E-state index in [1.165, 1.54) is 5.56 Å². The molecule has 0 heterocycles. The van der Waals surface area contributed by atoms with Gasteiger partial charge >= 0.3 is 0 Å². The van der Waals surface area contributed by atoms with Crippen molar-refractivity contribution in [1.29, 1.82) is 0 Å². The fraction of sp³-hybridized carbons (Fsp3) is 0.462. The molecule has 0 aromatic heterocycles. The molecule has 0 saturated carbocycles. The van der Waals surface area contributed by atoms with Crippen molar-refractivity contribution in [3.8, 4) is 0 Å². The fourth-order valence-electron chi connectivity index (χ4n) is 1.37. The number of hydrogen-bond acceptors (Lipinski definition) is 3. The van der Waals surface area contributed by atoms with Crippen molar-refractivity contribution in [1.82, 2.24) is 0 Å². The quantitative estimate of drug-likeness (QED) is 0.739. The zero-order chi connectivity index (χ0) is 13.1. The molecule has 0 unspecified atom stereocenters. The summed E-state index contributed by atoms with van der Waals surface area (Å²) in [7, 11) is 0. The number of aliphatic hydroxyl groups is 1. The number of carbonyl (C=O) groups excluding carboxylic acids is 1. The van der Waals surface area contributed by atoms with Crippen LogP contribution in [0, 0.1) is 0 Å². The van der Waals surface area contributed by atoms with Gasteiger partial charge in [0.25, 0.3) is 0 Å². The van der Waals surface area contributed by atoms with Gasteiger partial charge in [0.05, 0.1) is 6.61 Å². The van der Waals surface area contributed by atoms with E-state index < -0.39 is 6.04 Å². The van der Waals surface area contributed by atoms with Gasteiger partial charge < -0.3 is 16.2 Å². The summed E-state index contributed by atoms with van der Waals surface area (Å²) in [4.78, 5) is 11.4. The molecule has 1 amide bonds. The summed E-state index contributed by atoms with van der Waals surface area (Å²) in [5, 5.41) is 11.4. The third-order valence-electron chi connectivity index (χ3n) is 2.55. The van der Waals surface area contributed by atoms with Gasteiger partial charge in [-0.05, 0) is 23.1 Å². The number of anilines is 1. The van der Waals surface area contributed by atoms with Crippen molar-refractivity contribution in [2.75, 3.05) is 11.9 Å². The molecule has 0 aliphatic rings. The Bertz CT molecular complexity index is 379. The Morgan fingerprint density at radius 3 is 2.29 bits per heavy atom. The number of aliphatic hydroxyl groups excluding tert-OH is 1. The predicted octanol–water partition coefficient (Wildman–Crippen LogP) is 1.24. The monoisotopic (exact) mass is 236 g/mol. The zero-order valence-electron chi connectivity index (χ0n) is 10.5. The Hall–Kier alpha value is -1.39. The summed E-state index contributed by atoms with van der Waals surface area (Å²) in [6.07, 6.45) is 0. The Morgan fingerprint density at radius 1 is 1.35 bits per heavy atom. The second kappa shape index (κ2) is 5.29. The minimum absolute atomic E-state index is 0.0873. The van der Waals surface area contributed by atoms with E-state index in [9.17, 15) is 4.79 Å². The van der Waals surface area contributed by atoms with Crippen LogP contribution in [-0.4, -0.2) is 23.7 Å². The largest absolute Gasteiger partial charge is 0.394 e. The maximum atomic E-state index is 11.4. The predicted molar refractivity (Wildman–Crippen MR) is 68.8 cm³/mol. The molecule has 1 atom stereocenters. The second-order valence-electron chi connectivity index (χ2n) is 5.11. The third kappa shape index (κ3) is 3.84. The zero-order valence-corrected chi connectivity index (χ0v) is 10.5. The molecule has 4 N–H and O–H groups in total. The molecule has 17 heavy (non-hydrogen) atoms. The van der Waals surface area contributed by atoms with Crippen molar-refractivity contribution in [3.63, 3.8) is 0 Å². The van der Waals surface area contributed by atoms with Crippen molar-refractivity contribution in [2.45, 2.75) is 32.2 Å². The molecule has 0 aliphatic heterocycles. The van der Waals surface area contributed by atoms with Gasteiger partial charge in [-0.25, -0.2) is 0 Å². The lowest BCUT2D eigenvalue weighted by molar-refractivity contribution is -0.118. The van der Waals surface area contributed by atoms with Crippen LogP contribution in [0.2, 0.25) is 0 Å². The first-order chi connectivity index (χ1) is 7.84. The summed E-state index contributed by atoms with van der Waals surface area (Å²) in [6.45, 7) is 6.03. The lowest BCUT2D eigenvalue weighted by Gasteiger charge is -2.19. The van der Waals surface area contributed by atoms with E-state index in [1.54, 1.807) is 0 Å². The lowest BCUT2D eigenvalue weighted by Crippen LogP contribution is -2.38. The first kappa shape index (κ1) is 13.7. The molecule has 0 saturated heterocycles. The number of nitrogens with two attached hydrogens (primary N) is 1. The van der Waals surface area contributed by atoms with Gasteiger partial charge in [-0.3, -0.25) is 4.79 Å². The molecular weight excluding hydrogens is 216 g/mol. The van der Waals surface area contributed by atoms with E-state index in [0.29, 0.717) is 5.69 Å². The summed E-state index contributed by atoms with van der Waals surface area (Å²) in [5.41, 5.74) is 7.37. The van der Waals surface area contributed by atoms with Gasteiger partial charge in [0.2, 0.25) is 5.91 Å². The summed E-state index contributed by atoms with van der Waals surface area (Å²) < 4.78 is 0. The number of hydrogen-bond donors (Lipinski definition) is 3. The topological polar surface area (TPSA) is 75.4 Å². The normalized spacial score (nSPS) is 13.2. The molecule has 0 spiro atoms. The van der Waals surface area contributed by atoms with Crippen LogP contribution in [0.1, 0.15) is 26.3 Å². The Labute approximate surface area is 102 Å². The van der Waals surface area contributed by atoms with Gasteiger partial charge in [0, 0.05) is 5.69 Å². The van der Waals surface area contributed by atoms with Crippen LogP contribution >= 0.6 is 0 Å². The maximum Gasteiger partial charge on any atom is 0.243 e. The fourth-order valence-corrected chi connectivity index (χ4v) is 1.37. The standard InChI is InChI=1S/C13H20N2O2/c1-13(2,3)9-4-6-10(7-5-9)15-12(17)11(14)8-16/h4-7,11,16H,8,14H2,1-3H3,(H,15,17)/t11-/m0/s1. The molecule has 1 aromatic rings. The molecular formula is C13H20N2O2. The minimum atomic E-state index is -0.878. The highest BCUT2D eigenvalue weighted by Crippen LogP contribution is 2.23. The number of benzene rings is 1. The van der Waals surface area contributed by atoms with Crippen molar-refractivity contribution >= 4 is 11.6 Å². The number of rotatable bonds is 3. The van der Waals surface area contributed by atoms with Gasteiger partial charge in [-0.2, -0.15) is 0 Å². The van der Waals surface area contributed by atoms with Crippen molar-refractivity contribution in [2.24, 2.45) is 5.73 Å². The van der Waals surface area contributed by atoms with E-state index in [2.05, 4.69) is 26.1 Å². The first-order valence-electron chi connectivity index (χ1n) is 5.62. The van der Waals surface area contributed by atoms with Crippen LogP contribution in [0.5, 0.6) is 0 Å². The molecule has 1 rings (SSSR count). The number of nitrogens with one attached hydrogen (secondary N) is 1. The average molecular weight is 236 g/mol. The van der Waals surface area contributed by atoms with Gasteiger partial charge in [0.15, 0.2) is 0 Å². The molecule has 4 nitrogen and oxygen atoms in total. The van der Waals surface area contributed by atoms with Crippen molar-refractivity contribution < 1.29 is 9.90 Å². The summed E-state index contributed by atoms with van der Waals surface area (Å²) >= 11 is 0. The highest BCUT2D eigenvalue weighted by Gasteiger charge is 2.14. The molecule has 1 aromatic carbocycles. The Kier molecular flexibility index (Phi) is 4.26. The maximum absolute atomic E-state index is 11.4. The van der Waals surface area contributed by atoms with E-state index in [-0.39, 0.29) is 17.9 Å². The average Bonchev–Trinajstić information content (AvgIpc) is 2.27. The first-order valence-corrected chi connectivity index (χ1v) is 5.62. The summed E-state index contributed by atoms with van der Waals surface area (Å²) in [5.74, 6) is -0.379. The molecule has 4 heteroatoms. The van der Waals surface area contributed by atoms with Crippen molar-refractivity contribution in [3.05, 3.63) is 29.8 Å². The van der Waals surface area contributed by atoms with E-state index in [0.717, 1.165) is 0 Å². The van der Waals surface area contributed by atoms with Crippen LogP contribution in [0.25, 0.3) is 0 Å². The highest BCUT2D eigenvalue weighted by atomic mass is 16.3. The lowest BCUT2D eigenvalue weighted by atomic mass is 9.87. The van der Waals surface area contributed by atoms with E-state index in [4.69, 9.17) is 10.8 Å². The van der Waals surface area contributed by atoms with E-state index in [1.807, 2.05) is 24.3 Å². The van der Waals surface area contributed by atoms with Crippen LogP contribution in [0.3, 0.4) is 0 Å². The molecule has 0 aliphatic carbocycles. The van der Waals surface area contributed by atoms with Crippen LogP contribution in [0.4, 0.5) is 5.69 Å². The Morgan fingerprint density at radius 2 is 1.88 bits per heavy atom. The number of amides is 1. The molecule has 0 bridgehead atoms. The van der Waals surface area contributed by atoms with E-state index >= 15 is 0 Å². The van der Waals surface area contributed by atoms with Gasteiger partial charge in [-0.15, -0.1) is 0 Å². The summed E-state index contributed by atoms with van der Waals surface area (Å²) in [6, 6.07) is 6.74. The van der Waals surface area contributed by atoms with Gasteiger partial charge in [-0.1, -0.05) is 32.9 Å². The Balaban J connectivity index is 2.73. The smallest absolute Gasteiger partial charge is 0.243 e.